The van der Waals surface area contributed by atoms with Crippen molar-refractivity contribution in [3.05, 3.63) is 58.9 Å². The van der Waals surface area contributed by atoms with Gasteiger partial charge >= 0.3 is 0 Å². The van der Waals surface area contributed by atoms with Gasteiger partial charge in [0.1, 0.15) is 4.90 Å². The number of halogens is 1. The summed E-state index contributed by atoms with van der Waals surface area (Å²) in [7, 11) is 0.150. The van der Waals surface area contributed by atoms with E-state index < -0.39 is 10.0 Å². The molecule has 1 aromatic carbocycles. The van der Waals surface area contributed by atoms with E-state index in [0.29, 0.717) is 10.6 Å². The monoisotopic (exact) mass is 353 g/mol. The lowest BCUT2D eigenvalue weighted by atomic mass is 10.1. The SMILES string of the molecule is Cc1ccncc1S(=O)(=O)NC[C@H](c1ccccc1Cl)N(C)C. The van der Waals surface area contributed by atoms with Crippen LogP contribution < -0.4 is 4.72 Å². The average Bonchev–Trinajstić information content (AvgIpc) is 2.49. The summed E-state index contributed by atoms with van der Waals surface area (Å²) in [5.41, 5.74) is 1.54. The van der Waals surface area contributed by atoms with Crippen molar-refractivity contribution in [3.8, 4) is 0 Å². The molecular formula is C16H20ClN3O2S. The zero-order valence-corrected chi connectivity index (χ0v) is 14.9. The molecule has 7 heteroatoms. The Balaban J connectivity index is 2.23. The molecule has 1 aromatic heterocycles. The largest absolute Gasteiger partial charge is 0.301 e. The molecule has 0 spiro atoms. The van der Waals surface area contributed by atoms with Crippen molar-refractivity contribution in [2.45, 2.75) is 17.9 Å². The number of sulfonamides is 1. The van der Waals surface area contributed by atoms with E-state index in [9.17, 15) is 8.42 Å². The molecule has 0 radical (unpaired) electrons. The number of pyridine rings is 1. The minimum atomic E-state index is -3.62. The third-order valence-corrected chi connectivity index (χ3v) is 5.53. The van der Waals surface area contributed by atoms with E-state index in [1.807, 2.05) is 37.2 Å². The van der Waals surface area contributed by atoms with Gasteiger partial charge in [-0.25, -0.2) is 13.1 Å². The van der Waals surface area contributed by atoms with Gasteiger partial charge in [-0.05, 0) is 44.3 Å². The van der Waals surface area contributed by atoms with Gasteiger partial charge in [0.15, 0.2) is 0 Å². The Morgan fingerprint density at radius 1 is 1.26 bits per heavy atom. The Hall–Kier alpha value is -1.47. The molecule has 0 unspecified atom stereocenters. The minimum absolute atomic E-state index is 0.171. The van der Waals surface area contributed by atoms with Crippen LogP contribution in [0.2, 0.25) is 5.02 Å². The maximum Gasteiger partial charge on any atom is 0.242 e. The third-order valence-electron chi connectivity index (χ3n) is 3.63. The van der Waals surface area contributed by atoms with Crippen molar-refractivity contribution in [1.82, 2.24) is 14.6 Å². The van der Waals surface area contributed by atoms with Crippen molar-refractivity contribution < 1.29 is 8.42 Å². The van der Waals surface area contributed by atoms with Crippen LogP contribution in [0.5, 0.6) is 0 Å². The molecule has 0 saturated heterocycles. The molecule has 0 fully saturated rings. The predicted octanol–water partition coefficient (Wildman–Crippen LogP) is 2.62. The van der Waals surface area contributed by atoms with Crippen LogP contribution in [0.1, 0.15) is 17.2 Å². The maximum atomic E-state index is 12.5. The second kappa shape index (κ2) is 7.40. The van der Waals surface area contributed by atoms with E-state index in [0.717, 1.165) is 5.56 Å². The molecular weight excluding hydrogens is 334 g/mol. The van der Waals surface area contributed by atoms with Crippen LogP contribution in [0.25, 0.3) is 0 Å². The summed E-state index contributed by atoms with van der Waals surface area (Å²) in [5, 5.41) is 0.614. The highest BCUT2D eigenvalue weighted by Crippen LogP contribution is 2.26. The summed E-state index contributed by atoms with van der Waals surface area (Å²) >= 11 is 6.24. The van der Waals surface area contributed by atoms with Gasteiger partial charge in [-0.3, -0.25) is 4.98 Å². The summed E-state index contributed by atoms with van der Waals surface area (Å²) in [4.78, 5) is 6.02. The molecule has 0 aliphatic heterocycles. The van der Waals surface area contributed by atoms with Gasteiger partial charge in [-0.2, -0.15) is 0 Å². The summed E-state index contributed by atoms with van der Waals surface area (Å²) in [6.45, 7) is 1.96. The average molecular weight is 354 g/mol. The van der Waals surface area contributed by atoms with Crippen LogP contribution in [-0.2, 0) is 10.0 Å². The van der Waals surface area contributed by atoms with Gasteiger partial charge in [0.05, 0.1) is 0 Å². The zero-order chi connectivity index (χ0) is 17.0. The number of hydrogen-bond donors (Lipinski definition) is 1. The number of hydrogen-bond acceptors (Lipinski definition) is 4. The molecule has 2 aromatic rings. The normalized spacial score (nSPS) is 13.3. The lowest BCUT2D eigenvalue weighted by Gasteiger charge is -2.26. The molecule has 0 bridgehead atoms. The van der Waals surface area contributed by atoms with Crippen molar-refractivity contribution in [2.75, 3.05) is 20.6 Å². The first-order valence-electron chi connectivity index (χ1n) is 7.14. The Morgan fingerprint density at radius 2 is 1.96 bits per heavy atom. The number of aryl methyl sites for hydroxylation is 1. The van der Waals surface area contributed by atoms with Crippen LogP contribution in [0, 0.1) is 6.92 Å². The fraction of sp³-hybridized carbons (Fsp3) is 0.312. The van der Waals surface area contributed by atoms with E-state index in [-0.39, 0.29) is 17.5 Å². The number of aromatic nitrogens is 1. The van der Waals surface area contributed by atoms with Gasteiger partial charge in [-0.1, -0.05) is 29.8 Å². The van der Waals surface area contributed by atoms with Gasteiger partial charge in [0.25, 0.3) is 0 Å². The van der Waals surface area contributed by atoms with E-state index in [4.69, 9.17) is 11.6 Å². The second-order valence-corrected chi connectivity index (χ2v) is 7.64. The Morgan fingerprint density at radius 3 is 2.57 bits per heavy atom. The highest BCUT2D eigenvalue weighted by Gasteiger charge is 2.22. The highest BCUT2D eigenvalue weighted by molar-refractivity contribution is 7.89. The highest BCUT2D eigenvalue weighted by atomic mass is 35.5. The fourth-order valence-corrected chi connectivity index (χ4v) is 3.80. The molecule has 1 N–H and O–H groups in total. The van der Waals surface area contributed by atoms with Crippen molar-refractivity contribution in [3.63, 3.8) is 0 Å². The Kier molecular flexibility index (Phi) is 5.75. The quantitative estimate of drug-likeness (QED) is 0.867. The molecule has 23 heavy (non-hydrogen) atoms. The number of nitrogens with one attached hydrogen (secondary N) is 1. The zero-order valence-electron chi connectivity index (χ0n) is 13.3. The minimum Gasteiger partial charge on any atom is -0.301 e. The summed E-state index contributed by atoms with van der Waals surface area (Å²) < 4.78 is 27.6. The topological polar surface area (TPSA) is 62.3 Å². The molecule has 5 nitrogen and oxygen atoms in total. The summed E-state index contributed by atoms with van der Waals surface area (Å²) in [5.74, 6) is 0. The third kappa shape index (κ3) is 4.29. The van der Waals surface area contributed by atoms with Gasteiger partial charge in [0.2, 0.25) is 10.0 Å². The first kappa shape index (κ1) is 17.9. The predicted molar refractivity (Wildman–Crippen MR) is 92.0 cm³/mol. The lowest BCUT2D eigenvalue weighted by Crippen LogP contribution is -2.35. The molecule has 0 saturated carbocycles. The number of rotatable bonds is 6. The van der Waals surface area contributed by atoms with E-state index in [1.165, 1.54) is 6.20 Å². The summed E-state index contributed by atoms with van der Waals surface area (Å²) in [6, 6.07) is 8.94. The standard InChI is InChI=1S/C16H20ClN3O2S/c1-12-8-9-18-11-16(12)23(21,22)19-10-15(20(2)3)13-6-4-5-7-14(13)17/h4-9,11,15,19H,10H2,1-3H3/t15-/m1/s1. The van der Waals surface area contributed by atoms with Gasteiger partial charge in [0, 0.05) is 30.0 Å². The van der Waals surface area contributed by atoms with E-state index >= 15 is 0 Å². The summed E-state index contributed by atoms with van der Waals surface area (Å²) in [6.07, 6.45) is 2.93. The first-order chi connectivity index (χ1) is 10.8. The Bertz CT molecular complexity index is 778. The molecule has 0 aliphatic rings. The maximum absolute atomic E-state index is 12.5. The van der Waals surface area contributed by atoms with Crippen LogP contribution in [0.3, 0.4) is 0 Å². The van der Waals surface area contributed by atoms with E-state index in [1.54, 1.807) is 25.3 Å². The van der Waals surface area contributed by atoms with Gasteiger partial charge in [-0.15, -0.1) is 0 Å². The Labute approximate surface area is 142 Å². The number of likely N-dealkylation sites (N-methyl/N-ethyl adjacent to an activating group) is 1. The van der Waals surface area contributed by atoms with Crippen LogP contribution in [0.15, 0.2) is 47.6 Å². The van der Waals surface area contributed by atoms with Crippen LogP contribution >= 0.6 is 11.6 Å². The van der Waals surface area contributed by atoms with Crippen molar-refractivity contribution in [2.24, 2.45) is 0 Å². The molecule has 0 amide bonds. The first-order valence-corrected chi connectivity index (χ1v) is 9.00. The number of benzene rings is 1. The molecule has 124 valence electrons. The van der Waals surface area contributed by atoms with Crippen LogP contribution in [0.4, 0.5) is 0 Å². The second-order valence-electron chi connectivity index (χ2n) is 5.49. The molecule has 2 rings (SSSR count). The van der Waals surface area contributed by atoms with Crippen molar-refractivity contribution >= 4 is 21.6 Å². The van der Waals surface area contributed by atoms with E-state index in [2.05, 4.69) is 9.71 Å². The lowest BCUT2D eigenvalue weighted by molar-refractivity contribution is 0.299. The molecule has 1 atom stereocenters. The fourth-order valence-electron chi connectivity index (χ4n) is 2.31. The van der Waals surface area contributed by atoms with Crippen LogP contribution in [-0.4, -0.2) is 38.9 Å². The number of nitrogens with zero attached hydrogens (tertiary/aromatic N) is 2. The van der Waals surface area contributed by atoms with Crippen molar-refractivity contribution in [1.29, 1.82) is 0 Å². The van der Waals surface area contributed by atoms with Gasteiger partial charge < -0.3 is 4.90 Å². The molecule has 0 aliphatic carbocycles. The smallest absolute Gasteiger partial charge is 0.242 e. The molecule has 1 heterocycles.